The molecule has 32 heavy (non-hydrogen) atoms. The summed E-state index contributed by atoms with van der Waals surface area (Å²) in [5, 5.41) is 5.72. The second-order valence-corrected chi connectivity index (χ2v) is 9.06. The highest BCUT2D eigenvalue weighted by Crippen LogP contribution is 2.34. The number of unbranched alkanes of at least 4 members (excludes halogenated alkanes) is 1. The molecule has 1 aromatic carbocycles. The Morgan fingerprint density at radius 1 is 1.09 bits per heavy atom. The molecule has 2 bridgehead atoms. The Balaban J connectivity index is 1.33. The first kappa shape index (κ1) is 22.1. The molecule has 7 nitrogen and oxygen atoms in total. The van der Waals surface area contributed by atoms with Crippen LogP contribution in [0.1, 0.15) is 50.3 Å². The lowest BCUT2D eigenvalue weighted by Crippen LogP contribution is -2.54. The third kappa shape index (κ3) is 4.87. The molecule has 1 saturated heterocycles. The summed E-state index contributed by atoms with van der Waals surface area (Å²) < 4.78 is 1.84. The molecule has 3 unspecified atom stereocenters. The Morgan fingerprint density at radius 3 is 2.62 bits per heavy atom. The van der Waals surface area contributed by atoms with Crippen LogP contribution in [0.15, 0.2) is 47.3 Å². The maximum atomic E-state index is 12.9. The van der Waals surface area contributed by atoms with E-state index in [9.17, 15) is 14.4 Å². The lowest BCUT2D eigenvalue weighted by molar-refractivity contribution is -0.117. The van der Waals surface area contributed by atoms with Crippen molar-refractivity contribution in [2.75, 3.05) is 18.4 Å². The molecule has 3 amide bonds. The minimum Gasteiger partial charge on any atom is -0.326 e. The van der Waals surface area contributed by atoms with Crippen LogP contribution >= 0.6 is 0 Å². The number of urea groups is 1. The van der Waals surface area contributed by atoms with Gasteiger partial charge in [-0.05, 0) is 55.9 Å². The molecule has 7 heteroatoms. The van der Waals surface area contributed by atoms with Crippen LogP contribution in [-0.2, 0) is 17.8 Å². The standard InChI is InChI=1S/C25H32N4O3/c1-3-4-6-18-9-11-21(12-10-18)27-24(31)17(2)26-25(32)28-14-19-13-20(16-28)22-7-5-8-23(30)29(22)15-19/h5,7-12,17,19-20H,3-4,6,13-16H2,1-2H3,(H,26,32)(H,27,31). The van der Waals surface area contributed by atoms with Crippen LogP contribution in [-0.4, -0.2) is 40.5 Å². The van der Waals surface area contributed by atoms with Crippen LogP contribution < -0.4 is 16.2 Å². The van der Waals surface area contributed by atoms with Gasteiger partial charge in [0, 0.05) is 43.0 Å². The summed E-state index contributed by atoms with van der Waals surface area (Å²) in [6.45, 7) is 5.65. The number of likely N-dealkylation sites (tertiary alicyclic amines) is 1. The zero-order chi connectivity index (χ0) is 22.7. The molecule has 3 atom stereocenters. The van der Waals surface area contributed by atoms with Gasteiger partial charge < -0.3 is 20.1 Å². The second-order valence-electron chi connectivity index (χ2n) is 9.06. The van der Waals surface area contributed by atoms with Gasteiger partial charge in [-0.2, -0.15) is 0 Å². The predicted molar refractivity (Wildman–Crippen MR) is 125 cm³/mol. The van der Waals surface area contributed by atoms with E-state index in [0.717, 1.165) is 37.1 Å². The average molecular weight is 437 g/mol. The Kier molecular flexibility index (Phi) is 6.63. The number of benzene rings is 1. The maximum Gasteiger partial charge on any atom is 0.318 e. The number of fused-ring (bicyclic) bond motifs is 4. The van der Waals surface area contributed by atoms with Crippen molar-refractivity contribution >= 4 is 17.6 Å². The van der Waals surface area contributed by atoms with Crippen molar-refractivity contribution in [3.05, 3.63) is 64.1 Å². The fourth-order valence-electron chi connectivity index (χ4n) is 4.79. The van der Waals surface area contributed by atoms with E-state index in [1.807, 2.05) is 34.9 Å². The van der Waals surface area contributed by atoms with Crippen LogP contribution in [0.2, 0.25) is 0 Å². The molecule has 170 valence electrons. The number of aromatic nitrogens is 1. The van der Waals surface area contributed by atoms with Crippen LogP contribution in [0.4, 0.5) is 10.5 Å². The van der Waals surface area contributed by atoms with E-state index in [2.05, 4.69) is 17.6 Å². The van der Waals surface area contributed by atoms with Crippen molar-refractivity contribution in [1.82, 2.24) is 14.8 Å². The quantitative estimate of drug-likeness (QED) is 0.729. The first-order valence-electron chi connectivity index (χ1n) is 11.6. The number of hydrogen-bond acceptors (Lipinski definition) is 3. The minimum atomic E-state index is -0.654. The minimum absolute atomic E-state index is 0.0267. The number of carbonyl (C=O) groups is 2. The molecule has 2 aliphatic rings. The van der Waals surface area contributed by atoms with E-state index in [1.165, 1.54) is 5.56 Å². The number of hydrogen-bond donors (Lipinski definition) is 2. The van der Waals surface area contributed by atoms with E-state index in [4.69, 9.17) is 0 Å². The molecule has 0 saturated carbocycles. The second kappa shape index (κ2) is 9.59. The molecule has 2 aromatic rings. The smallest absolute Gasteiger partial charge is 0.318 e. The first-order chi connectivity index (χ1) is 15.4. The molecule has 0 aliphatic carbocycles. The Labute approximate surface area is 188 Å². The van der Waals surface area contributed by atoms with Crippen molar-refractivity contribution in [3.8, 4) is 0 Å². The summed E-state index contributed by atoms with van der Waals surface area (Å²) in [5.41, 5.74) is 3.01. The van der Waals surface area contributed by atoms with Gasteiger partial charge in [-0.3, -0.25) is 9.59 Å². The van der Waals surface area contributed by atoms with Crippen molar-refractivity contribution in [3.63, 3.8) is 0 Å². The molecule has 0 spiro atoms. The zero-order valence-electron chi connectivity index (χ0n) is 18.8. The summed E-state index contributed by atoms with van der Waals surface area (Å²) in [5.74, 6) is 0.161. The summed E-state index contributed by atoms with van der Waals surface area (Å²) in [4.78, 5) is 39.4. The lowest BCUT2D eigenvalue weighted by Gasteiger charge is -2.42. The predicted octanol–water partition coefficient (Wildman–Crippen LogP) is 3.35. The Bertz CT molecular complexity index is 1030. The molecule has 1 aromatic heterocycles. The average Bonchev–Trinajstić information content (AvgIpc) is 2.79. The van der Waals surface area contributed by atoms with Crippen molar-refractivity contribution in [2.24, 2.45) is 5.92 Å². The molecule has 4 rings (SSSR count). The molecule has 2 N–H and O–H groups in total. The third-order valence-electron chi connectivity index (χ3n) is 6.54. The van der Waals surface area contributed by atoms with E-state index in [-0.39, 0.29) is 29.3 Å². The Hall–Kier alpha value is -3.09. The monoisotopic (exact) mass is 436 g/mol. The van der Waals surface area contributed by atoms with E-state index in [1.54, 1.807) is 24.0 Å². The molecule has 0 radical (unpaired) electrons. The van der Waals surface area contributed by atoms with Gasteiger partial charge in [-0.1, -0.05) is 31.5 Å². The fraction of sp³-hybridized carbons (Fsp3) is 0.480. The number of amides is 3. The number of nitrogens with zero attached hydrogens (tertiary/aromatic N) is 2. The number of nitrogens with one attached hydrogen (secondary N) is 2. The normalized spacial score (nSPS) is 20.2. The largest absolute Gasteiger partial charge is 0.326 e. The topological polar surface area (TPSA) is 83.4 Å². The summed E-state index contributed by atoms with van der Waals surface area (Å²) in [6, 6.07) is 12.3. The fourth-order valence-corrected chi connectivity index (χ4v) is 4.79. The van der Waals surface area contributed by atoms with Crippen LogP contribution in [0.25, 0.3) is 0 Å². The summed E-state index contributed by atoms with van der Waals surface area (Å²) in [6.07, 6.45) is 4.32. The van der Waals surface area contributed by atoms with Gasteiger partial charge in [0.25, 0.3) is 5.56 Å². The van der Waals surface area contributed by atoms with E-state index < -0.39 is 6.04 Å². The molecule has 3 heterocycles. The van der Waals surface area contributed by atoms with Crippen LogP contribution in [0.5, 0.6) is 0 Å². The van der Waals surface area contributed by atoms with Gasteiger partial charge in [0.2, 0.25) is 5.91 Å². The summed E-state index contributed by atoms with van der Waals surface area (Å²) in [7, 11) is 0. The van der Waals surface area contributed by atoms with Crippen molar-refractivity contribution < 1.29 is 9.59 Å². The highest BCUT2D eigenvalue weighted by atomic mass is 16.2. The third-order valence-corrected chi connectivity index (χ3v) is 6.54. The highest BCUT2D eigenvalue weighted by Gasteiger charge is 2.36. The first-order valence-corrected chi connectivity index (χ1v) is 11.6. The number of carbonyl (C=O) groups excluding carboxylic acids is 2. The maximum absolute atomic E-state index is 12.9. The zero-order valence-corrected chi connectivity index (χ0v) is 18.8. The number of pyridine rings is 1. The SMILES string of the molecule is CCCCc1ccc(NC(=O)C(C)NC(=O)N2CC3CC(C2)c2cccc(=O)n2C3)cc1. The van der Waals surface area contributed by atoms with Crippen molar-refractivity contribution in [2.45, 2.75) is 58.0 Å². The van der Waals surface area contributed by atoms with Gasteiger partial charge in [-0.15, -0.1) is 0 Å². The lowest BCUT2D eigenvalue weighted by atomic mass is 9.83. The van der Waals surface area contributed by atoms with Gasteiger partial charge in [-0.25, -0.2) is 4.79 Å². The van der Waals surface area contributed by atoms with E-state index in [0.29, 0.717) is 19.6 Å². The number of anilines is 1. The van der Waals surface area contributed by atoms with Gasteiger partial charge in [0.1, 0.15) is 6.04 Å². The molecular weight excluding hydrogens is 404 g/mol. The van der Waals surface area contributed by atoms with Crippen LogP contribution in [0.3, 0.4) is 0 Å². The van der Waals surface area contributed by atoms with Gasteiger partial charge in [0.15, 0.2) is 0 Å². The van der Waals surface area contributed by atoms with E-state index >= 15 is 0 Å². The molecular formula is C25H32N4O3. The summed E-state index contributed by atoms with van der Waals surface area (Å²) >= 11 is 0. The number of piperidine rings is 1. The van der Waals surface area contributed by atoms with Gasteiger partial charge in [0.05, 0.1) is 0 Å². The van der Waals surface area contributed by atoms with Crippen LogP contribution in [0, 0.1) is 5.92 Å². The highest BCUT2D eigenvalue weighted by molar-refractivity contribution is 5.96. The Morgan fingerprint density at radius 2 is 1.88 bits per heavy atom. The number of rotatable bonds is 6. The van der Waals surface area contributed by atoms with Crippen molar-refractivity contribution in [1.29, 1.82) is 0 Å². The molecule has 1 fully saturated rings. The van der Waals surface area contributed by atoms with Gasteiger partial charge >= 0.3 is 6.03 Å². The number of aryl methyl sites for hydroxylation is 1. The molecule has 2 aliphatic heterocycles.